The van der Waals surface area contributed by atoms with Crippen LogP contribution in [-0.4, -0.2) is 44.4 Å². The third kappa shape index (κ3) is 8.93. The van der Waals surface area contributed by atoms with Crippen LogP contribution >= 0.6 is 0 Å². The highest BCUT2D eigenvalue weighted by Crippen LogP contribution is 2.44. The van der Waals surface area contributed by atoms with Gasteiger partial charge in [0.05, 0.1) is 17.1 Å². The lowest BCUT2D eigenvalue weighted by atomic mass is 9.75. The quantitative estimate of drug-likeness (QED) is 0.185. The number of halogens is 2. The lowest BCUT2D eigenvalue weighted by molar-refractivity contribution is -0.151. The molecule has 4 rings (SSSR count). The normalized spacial score (nSPS) is 22.0. The van der Waals surface area contributed by atoms with Crippen molar-refractivity contribution < 1.29 is 32.6 Å². The lowest BCUT2D eigenvalue weighted by Gasteiger charge is -2.38. The number of hydrogen-bond donors (Lipinski definition) is 2. The SMILES string of the molecule is CC1=C(C(=O)OCCNCCc2ccccc2)C(c2ccccc2OC(F)F)C(C(=O)OC2CC(C)CCC2C(C)C)=C(C)N1. The molecule has 1 aliphatic carbocycles. The molecule has 0 amide bonds. The Morgan fingerprint density at radius 2 is 1.60 bits per heavy atom. The van der Waals surface area contributed by atoms with Crippen LogP contribution in [0.5, 0.6) is 5.75 Å². The van der Waals surface area contributed by atoms with Crippen LogP contribution in [-0.2, 0) is 25.5 Å². The molecule has 2 aliphatic rings. The number of hydrogen-bond acceptors (Lipinski definition) is 7. The largest absolute Gasteiger partial charge is 0.461 e. The highest BCUT2D eigenvalue weighted by molar-refractivity contribution is 6.00. The average Bonchev–Trinajstić information content (AvgIpc) is 2.98. The Morgan fingerprint density at radius 3 is 2.29 bits per heavy atom. The zero-order chi connectivity index (χ0) is 32.5. The van der Waals surface area contributed by atoms with Crippen LogP contribution < -0.4 is 15.4 Å². The molecule has 0 spiro atoms. The van der Waals surface area contributed by atoms with Gasteiger partial charge < -0.3 is 24.8 Å². The summed E-state index contributed by atoms with van der Waals surface area (Å²) in [6.45, 7) is 7.98. The number of nitrogens with one attached hydrogen (secondary N) is 2. The number of carbonyl (C=O) groups is 2. The summed E-state index contributed by atoms with van der Waals surface area (Å²) in [6.07, 6.45) is 3.31. The number of para-hydroxylation sites is 1. The number of alkyl halides is 2. The van der Waals surface area contributed by atoms with E-state index in [1.54, 1.807) is 32.0 Å². The fourth-order valence-corrected chi connectivity index (χ4v) is 6.52. The minimum absolute atomic E-state index is 0.0881. The van der Waals surface area contributed by atoms with Crippen molar-refractivity contribution in [3.8, 4) is 5.75 Å². The lowest BCUT2D eigenvalue weighted by Crippen LogP contribution is -2.38. The fraction of sp³-hybridized carbons (Fsp3) is 0.500. The second kappa shape index (κ2) is 16.0. The number of allylic oxidation sites excluding steroid dienone is 2. The number of dihydropyridines is 1. The second-order valence-corrected chi connectivity index (χ2v) is 12.4. The highest BCUT2D eigenvalue weighted by Gasteiger charge is 2.42. The Labute approximate surface area is 265 Å². The van der Waals surface area contributed by atoms with E-state index >= 15 is 0 Å². The summed E-state index contributed by atoms with van der Waals surface area (Å²) in [4.78, 5) is 27.8. The standard InChI is InChI=1S/C36H46F2N2O5/c1-22(2)27-16-15-23(3)21-30(27)44-35(42)32-25(5)40-24(4)31(33(32)28-13-9-10-14-29(28)45-36(37)38)34(41)43-20-19-39-18-17-26-11-7-6-8-12-26/h6-14,22-23,27,30,33,36,39-40H,15-21H2,1-5H3. The molecule has 244 valence electrons. The molecule has 1 saturated carbocycles. The Balaban J connectivity index is 1.58. The van der Waals surface area contributed by atoms with E-state index in [2.05, 4.69) is 43.5 Å². The van der Waals surface area contributed by atoms with Crippen molar-refractivity contribution in [1.82, 2.24) is 10.6 Å². The Hall–Kier alpha value is -3.72. The molecule has 2 aromatic rings. The minimum atomic E-state index is -3.09. The van der Waals surface area contributed by atoms with Crippen molar-refractivity contribution in [3.05, 3.63) is 88.3 Å². The van der Waals surface area contributed by atoms with Crippen LogP contribution in [0.4, 0.5) is 8.78 Å². The van der Waals surface area contributed by atoms with Crippen LogP contribution in [0.2, 0.25) is 0 Å². The third-order valence-corrected chi connectivity index (χ3v) is 8.81. The van der Waals surface area contributed by atoms with Gasteiger partial charge in [-0.2, -0.15) is 8.78 Å². The van der Waals surface area contributed by atoms with Gasteiger partial charge in [-0.05, 0) is 69.0 Å². The van der Waals surface area contributed by atoms with Crippen molar-refractivity contribution in [2.45, 2.75) is 78.9 Å². The van der Waals surface area contributed by atoms with E-state index in [4.69, 9.17) is 14.2 Å². The summed E-state index contributed by atoms with van der Waals surface area (Å²) >= 11 is 0. The molecule has 9 heteroatoms. The van der Waals surface area contributed by atoms with Gasteiger partial charge in [-0.15, -0.1) is 0 Å². The van der Waals surface area contributed by atoms with Gasteiger partial charge in [-0.25, -0.2) is 9.59 Å². The predicted molar refractivity (Wildman–Crippen MR) is 170 cm³/mol. The summed E-state index contributed by atoms with van der Waals surface area (Å²) in [5.41, 5.74) is 2.75. The van der Waals surface area contributed by atoms with Gasteiger partial charge >= 0.3 is 18.6 Å². The van der Waals surface area contributed by atoms with E-state index in [9.17, 15) is 18.4 Å². The summed E-state index contributed by atoms with van der Waals surface area (Å²) < 4.78 is 43.9. The summed E-state index contributed by atoms with van der Waals surface area (Å²) in [5.74, 6) is -1.46. The Morgan fingerprint density at radius 1 is 0.933 bits per heavy atom. The van der Waals surface area contributed by atoms with Crippen LogP contribution in [0.15, 0.2) is 77.1 Å². The summed E-state index contributed by atoms with van der Waals surface area (Å²) in [6, 6.07) is 16.3. The first-order chi connectivity index (χ1) is 21.6. The molecule has 0 aromatic heterocycles. The van der Waals surface area contributed by atoms with Crippen LogP contribution in [0.25, 0.3) is 0 Å². The third-order valence-electron chi connectivity index (χ3n) is 8.81. The minimum Gasteiger partial charge on any atom is -0.461 e. The van der Waals surface area contributed by atoms with E-state index in [1.807, 2.05) is 18.2 Å². The molecule has 7 nitrogen and oxygen atoms in total. The molecule has 1 heterocycles. The smallest absolute Gasteiger partial charge is 0.387 e. The molecule has 2 aromatic carbocycles. The van der Waals surface area contributed by atoms with Crippen molar-refractivity contribution in [1.29, 1.82) is 0 Å². The molecule has 4 unspecified atom stereocenters. The van der Waals surface area contributed by atoms with Crippen molar-refractivity contribution >= 4 is 11.9 Å². The Bertz CT molecular complexity index is 1370. The average molecular weight is 625 g/mol. The molecule has 1 aliphatic heterocycles. The maximum Gasteiger partial charge on any atom is 0.387 e. The zero-order valence-corrected chi connectivity index (χ0v) is 26.9. The van der Waals surface area contributed by atoms with Crippen molar-refractivity contribution in [3.63, 3.8) is 0 Å². The molecule has 2 N–H and O–H groups in total. The number of benzene rings is 2. The van der Waals surface area contributed by atoms with Crippen molar-refractivity contribution in [2.24, 2.45) is 17.8 Å². The van der Waals surface area contributed by atoms with E-state index in [1.165, 1.54) is 11.6 Å². The molecule has 45 heavy (non-hydrogen) atoms. The second-order valence-electron chi connectivity index (χ2n) is 12.4. The van der Waals surface area contributed by atoms with Gasteiger partial charge in [-0.3, -0.25) is 0 Å². The maximum atomic E-state index is 14.1. The van der Waals surface area contributed by atoms with Gasteiger partial charge in [0.1, 0.15) is 18.5 Å². The van der Waals surface area contributed by atoms with Gasteiger partial charge in [0.2, 0.25) is 0 Å². The van der Waals surface area contributed by atoms with Crippen LogP contribution in [0, 0.1) is 17.8 Å². The monoisotopic (exact) mass is 624 g/mol. The molecule has 4 atom stereocenters. The summed E-state index contributed by atoms with van der Waals surface area (Å²) in [5, 5.41) is 6.44. The van der Waals surface area contributed by atoms with E-state index in [-0.39, 0.29) is 41.1 Å². The molecule has 0 radical (unpaired) electrons. The predicted octanol–water partition coefficient (Wildman–Crippen LogP) is 6.90. The van der Waals surface area contributed by atoms with E-state index in [0.717, 1.165) is 25.7 Å². The molecule has 0 bridgehead atoms. The van der Waals surface area contributed by atoms with Gasteiger partial charge in [0, 0.05) is 23.5 Å². The molecule has 1 fully saturated rings. The number of rotatable bonds is 13. The summed E-state index contributed by atoms with van der Waals surface area (Å²) in [7, 11) is 0. The van der Waals surface area contributed by atoms with Gasteiger partial charge in [0.25, 0.3) is 0 Å². The number of esters is 2. The van der Waals surface area contributed by atoms with Crippen LogP contribution in [0.3, 0.4) is 0 Å². The van der Waals surface area contributed by atoms with Gasteiger partial charge in [-0.1, -0.05) is 75.7 Å². The number of ether oxygens (including phenoxy) is 3. The van der Waals surface area contributed by atoms with E-state index in [0.29, 0.717) is 36.3 Å². The fourth-order valence-electron chi connectivity index (χ4n) is 6.52. The zero-order valence-electron chi connectivity index (χ0n) is 26.9. The number of carbonyl (C=O) groups excluding carboxylic acids is 2. The highest BCUT2D eigenvalue weighted by atomic mass is 19.3. The first-order valence-electron chi connectivity index (χ1n) is 15.9. The Kier molecular flexibility index (Phi) is 12.2. The van der Waals surface area contributed by atoms with E-state index < -0.39 is 24.5 Å². The first kappa shape index (κ1) is 34.2. The van der Waals surface area contributed by atoms with Gasteiger partial charge in [0.15, 0.2) is 0 Å². The molecule has 0 saturated heterocycles. The maximum absolute atomic E-state index is 14.1. The molecular weight excluding hydrogens is 578 g/mol. The molecular formula is C36H46F2N2O5. The van der Waals surface area contributed by atoms with Crippen LogP contribution in [0.1, 0.15) is 70.9 Å². The van der Waals surface area contributed by atoms with Crippen molar-refractivity contribution in [2.75, 3.05) is 19.7 Å². The topological polar surface area (TPSA) is 85.9 Å². The first-order valence-corrected chi connectivity index (χ1v) is 15.9.